The first kappa shape index (κ1) is 18.5. The van der Waals surface area contributed by atoms with Gasteiger partial charge in [-0.15, -0.1) is 0 Å². The van der Waals surface area contributed by atoms with E-state index >= 15 is 0 Å². The van der Waals surface area contributed by atoms with Crippen molar-refractivity contribution in [2.24, 2.45) is 0 Å². The Morgan fingerprint density at radius 2 is 1.76 bits per heavy atom. The summed E-state index contributed by atoms with van der Waals surface area (Å²) in [5.41, 5.74) is 1.83. The van der Waals surface area contributed by atoms with E-state index in [1.54, 1.807) is 36.4 Å². The molecule has 146 valence electrons. The molecular formula is C22H18N2O5. The summed E-state index contributed by atoms with van der Waals surface area (Å²) >= 11 is 0. The van der Waals surface area contributed by atoms with E-state index in [9.17, 15) is 14.9 Å². The van der Waals surface area contributed by atoms with Crippen LogP contribution in [-0.4, -0.2) is 17.5 Å². The average molecular weight is 390 g/mol. The Morgan fingerprint density at radius 3 is 2.52 bits per heavy atom. The molecule has 4 rings (SSSR count). The molecule has 0 amide bonds. The number of ether oxygens (including phenoxy) is 2. The van der Waals surface area contributed by atoms with Crippen molar-refractivity contribution < 1.29 is 19.2 Å². The number of hydrogen-bond acceptors (Lipinski definition) is 6. The third-order valence-electron chi connectivity index (χ3n) is 4.76. The third-order valence-corrected chi connectivity index (χ3v) is 4.76. The predicted molar refractivity (Wildman–Crippen MR) is 108 cm³/mol. The highest BCUT2D eigenvalue weighted by Crippen LogP contribution is 2.36. The first-order valence-corrected chi connectivity index (χ1v) is 9.07. The zero-order chi connectivity index (χ0) is 20.4. The van der Waals surface area contributed by atoms with Crippen LogP contribution in [0.1, 0.15) is 34.5 Å². The molecule has 3 aromatic carbocycles. The number of rotatable bonds is 6. The maximum Gasteiger partial charge on any atom is 0.293 e. The predicted octanol–water partition coefficient (Wildman–Crippen LogP) is 4.73. The topological polar surface area (TPSA) is 90.7 Å². The first-order chi connectivity index (χ1) is 14.0. The van der Waals surface area contributed by atoms with Gasteiger partial charge in [-0.25, -0.2) is 0 Å². The second-order valence-corrected chi connectivity index (χ2v) is 6.66. The smallest absolute Gasteiger partial charge is 0.293 e. The van der Waals surface area contributed by atoms with E-state index in [4.69, 9.17) is 9.47 Å². The molecule has 0 aliphatic carbocycles. The van der Waals surface area contributed by atoms with Crippen molar-refractivity contribution in [3.63, 3.8) is 0 Å². The lowest BCUT2D eigenvalue weighted by Gasteiger charge is -2.16. The third kappa shape index (κ3) is 3.75. The molecule has 7 heteroatoms. The van der Waals surface area contributed by atoms with Gasteiger partial charge in [-0.1, -0.05) is 36.4 Å². The second kappa shape index (κ2) is 7.63. The number of benzene rings is 3. The quantitative estimate of drug-likeness (QED) is 0.372. The Balaban J connectivity index is 1.60. The highest BCUT2D eigenvalue weighted by Gasteiger charge is 2.21. The number of nitrogens with one attached hydrogen (secondary N) is 1. The molecule has 0 spiro atoms. The Kier molecular flexibility index (Phi) is 4.87. The number of carbonyl (C=O) groups is 1. The maximum atomic E-state index is 12.6. The zero-order valence-electron chi connectivity index (χ0n) is 15.6. The summed E-state index contributed by atoms with van der Waals surface area (Å²) in [6.07, 6.45) is 0. The largest absolute Gasteiger partial charge is 0.454 e. The van der Waals surface area contributed by atoms with Gasteiger partial charge in [0.2, 0.25) is 6.79 Å². The number of anilines is 1. The first-order valence-electron chi connectivity index (χ1n) is 9.07. The van der Waals surface area contributed by atoms with E-state index in [1.807, 2.05) is 31.2 Å². The highest BCUT2D eigenvalue weighted by molar-refractivity contribution is 6.09. The van der Waals surface area contributed by atoms with Gasteiger partial charge in [0, 0.05) is 23.2 Å². The Morgan fingerprint density at radius 1 is 1.00 bits per heavy atom. The van der Waals surface area contributed by atoms with Crippen LogP contribution < -0.4 is 14.8 Å². The molecule has 1 N–H and O–H groups in total. The molecule has 1 unspecified atom stereocenters. The molecule has 0 radical (unpaired) electrons. The van der Waals surface area contributed by atoms with E-state index in [2.05, 4.69) is 5.32 Å². The van der Waals surface area contributed by atoms with Gasteiger partial charge in [0.1, 0.15) is 5.69 Å². The van der Waals surface area contributed by atoms with Gasteiger partial charge in [0.25, 0.3) is 5.69 Å². The van der Waals surface area contributed by atoms with Crippen LogP contribution >= 0.6 is 0 Å². The van der Waals surface area contributed by atoms with Gasteiger partial charge in [-0.2, -0.15) is 0 Å². The average Bonchev–Trinajstić information content (AvgIpc) is 3.22. The van der Waals surface area contributed by atoms with Crippen molar-refractivity contribution >= 4 is 17.2 Å². The van der Waals surface area contributed by atoms with Crippen LogP contribution in [0.25, 0.3) is 0 Å². The van der Waals surface area contributed by atoms with E-state index in [1.165, 1.54) is 6.07 Å². The number of ketones is 1. The fraction of sp³-hybridized carbons (Fsp3) is 0.136. The van der Waals surface area contributed by atoms with Crippen molar-refractivity contribution in [2.75, 3.05) is 12.1 Å². The molecule has 1 aliphatic heterocycles. The molecular weight excluding hydrogens is 372 g/mol. The fourth-order valence-corrected chi connectivity index (χ4v) is 3.20. The molecule has 0 aromatic heterocycles. The van der Waals surface area contributed by atoms with Gasteiger partial charge in [0.15, 0.2) is 17.3 Å². The molecule has 0 fully saturated rings. The van der Waals surface area contributed by atoms with E-state index in [-0.39, 0.29) is 29.9 Å². The van der Waals surface area contributed by atoms with Crippen molar-refractivity contribution in [3.8, 4) is 11.5 Å². The maximum absolute atomic E-state index is 12.6. The SMILES string of the molecule is CC(Nc1ccc(C(=O)c2ccccc2)cc1[N+](=O)[O-])c1ccc2c(c1)OCO2. The standard InChI is InChI=1S/C22H18N2O5/c1-14(16-8-10-20-21(12-16)29-13-28-20)23-18-9-7-17(11-19(18)24(26)27)22(25)15-5-3-2-4-6-15/h2-12,14,23H,13H2,1H3. The zero-order valence-corrected chi connectivity index (χ0v) is 15.6. The van der Waals surface area contributed by atoms with Crippen molar-refractivity contribution in [1.29, 1.82) is 0 Å². The van der Waals surface area contributed by atoms with Crippen LogP contribution in [0.4, 0.5) is 11.4 Å². The molecule has 29 heavy (non-hydrogen) atoms. The highest BCUT2D eigenvalue weighted by atomic mass is 16.7. The minimum Gasteiger partial charge on any atom is -0.454 e. The number of hydrogen-bond donors (Lipinski definition) is 1. The summed E-state index contributed by atoms with van der Waals surface area (Å²) < 4.78 is 10.7. The van der Waals surface area contributed by atoms with Crippen LogP contribution in [0.3, 0.4) is 0 Å². The van der Waals surface area contributed by atoms with Crippen molar-refractivity contribution in [2.45, 2.75) is 13.0 Å². The Hall–Kier alpha value is -3.87. The Labute approximate surface area is 167 Å². The molecule has 1 atom stereocenters. The molecule has 0 saturated carbocycles. The molecule has 0 bridgehead atoms. The lowest BCUT2D eigenvalue weighted by molar-refractivity contribution is -0.384. The molecule has 0 saturated heterocycles. The van der Waals surface area contributed by atoms with Crippen LogP contribution in [-0.2, 0) is 0 Å². The van der Waals surface area contributed by atoms with Crippen molar-refractivity contribution in [3.05, 3.63) is 93.5 Å². The number of nitro benzene ring substituents is 1. The molecule has 7 nitrogen and oxygen atoms in total. The minimum absolute atomic E-state index is 0.153. The van der Waals surface area contributed by atoms with Gasteiger partial charge >= 0.3 is 0 Å². The van der Waals surface area contributed by atoms with Gasteiger partial charge < -0.3 is 14.8 Å². The number of carbonyl (C=O) groups excluding carboxylic acids is 1. The van der Waals surface area contributed by atoms with Crippen molar-refractivity contribution in [1.82, 2.24) is 0 Å². The number of fused-ring (bicyclic) bond motifs is 1. The van der Waals surface area contributed by atoms with E-state index in [0.717, 1.165) is 5.56 Å². The van der Waals surface area contributed by atoms with Gasteiger partial charge in [-0.3, -0.25) is 14.9 Å². The molecule has 1 aliphatic rings. The summed E-state index contributed by atoms with van der Waals surface area (Å²) in [5.74, 6) is 1.06. The lowest BCUT2D eigenvalue weighted by Crippen LogP contribution is -2.09. The lowest BCUT2D eigenvalue weighted by atomic mass is 10.0. The normalized spacial score (nSPS) is 13.0. The summed E-state index contributed by atoms with van der Waals surface area (Å²) in [5, 5.41) is 14.8. The summed E-state index contributed by atoms with van der Waals surface area (Å²) in [6, 6.07) is 18.5. The van der Waals surface area contributed by atoms with Crippen LogP contribution in [0.15, 0.2) is 66.7 Å². The van der Waals surface area contributed by atoms with E-state index < -0.39 is 4.92 Å². The summed E-state index contributed by atoms with van der Waals surface area (Å²) in [4.78, 5) is 23.7. The fourth-order valence-electron chi connectivity index (χ4n) is 3.20. The molecule has 3 aromatic rings. The van der Waals surface area contributed by atoms with Crippen LogP contribution in [0.2, 0.25) is 0 Å². The van der Waals surface area contributed by atoms with Crippen LogP contribution in [0, 0.1) is 10.1 Å². The summed E-state index contributed by atoms with van der Waals surface area (Å²) in [7, 11) is 0. The van der Waals surface area contributed by atoms with Crippen LogP contribution in [0.5, 0.6) is 11.5 Å². The molecule has 1 heterocycles. The van der Waals surface area contributed by atoms with E-state index in [0.29, 0.717) is 22.7 Å². The number of nitrogens with zero attached hydrogens (tertiary/aromatic N) is 1. The van der Waals surface area contributed by atoms with Gasteiger partial charge in [-0.05, 0) is 36.8 Å². The summed E-state index contributed by atoms with van der Waals surface area (Å²) in [6.45, 7) is 2.08. The Bertz CT molecular complexity index is 1080. The second-order valence-electron chi connectivity index (χ2n) is 6.66. The number of nitro groups is 1. The van der Waals surface area contributed by atoms with Gasteiger partial charge in [0.05, 0.1) is 4.92 Å². The minimum atomic E-state index is -0.490. The monoisotopic (exact) mass is 390 g/mol.